The van der Waals surface area contributed by atoms with Crippen LogP contribution in [0, 0.1) is 11.8 Å². The number of hydrogen-bond donors (Lipinski definition) is 1. The molecule has 3 unspecified atom stereocenters. The SMILES string of the molecule is CCC(CC(C)[C@H]1CS1)C(C)N. The molecule has 1 rings (SSSR count). The average Bonchev–Trinajstić information content (AvgIpc) is 2.80. The molecule has 2 heteroatoms. The lowest BCUT2D eigenvalue weighted by Crippen LogP contribution is -2.28. The predicted molar refractivity (Wildman–Crippen MR) is 57.5 cm³/mol. The van der Waals surface area contributed by atoms with Gasteiger partial charge < -0.3 is 5.73 Å². The first-order valence-electron chi connectivity index (χ1n) is 5.02. The topological polar surface area (TPSA) is 26.0 Å². The Morgan fingerprint density at radius 1 is 1.50 bits per heavy atom. The molecule has 12 heavy (non-hydrogen) atoms. The lowest BCUT2D eigenvalue weighted by molar-refractivity contribution is 0.342. The second kappa shape index (κ2) is 4.52. The predicted octanol–water partition coefficient (Wildman–Crippen LogP) is 2.50. The summed E-state index contributed by atoms with van der Waals surface area (Å²) >= 11 is 2.10. The van der Waals surface area contributed by atoms with Crippen molar-refractivity contribution < 1.29 is 0 Å². The molecule has 1 aliphatic heterocycles. The normalized spacial score (nSPS) is 29.5. The summed E-state index contributed by atoms with van der Waals surface area (Å²) < 4.78 is 0. The highest BCUT2D eigenvalue weighted by Gasteiger charge is 2.30. The molecule has 1 fully saturated rings. The molecule has 0 saturated carbocycles. The van der Waals surface area contributed by atoms with E-state index in [1.54, 1.807) is 0 Å². The Morgan fingerprint density at radius 2 is 2.08 bits per heavy atom. The van der Waals surface area contributed by atoms with Crippen LogP contribution >= 0.6 is 11.8 Å². The maximum Gasteiger partial charge on any atom is 0.0164 e. The first-order chi connectivity index (χ1) is 5.65. The van der Waals surface area contributed by atoms with Crippen molar-refractivity contribution in [3.63, 3.8) is 0 Å². The van der Waals surface area contributed by atoms with E-state index in [-0.39, 0.29) is 0 Å². The fourth-order valence-corrected chi connectivity index (χ4v) is 2.65. The van der Waals surface area contributed by atoms with Gasteiger partial charge in [-0.1, -0.05) is 20.3 Å². The molecule has 0 aromatic carbocycles. The highest BCUT2D eigenvalue weighted by molar-refractivity contribution is 8.06. The number of rotatable bonds is 5. The monoisotopic (exact) mass is 187 g/mol. The van der Waals surface area contributed by atoms with E-state index in [0.29, 0.717) is 6.04 Å². The molecule has 0 aliphatic carbocycles. The Balaban J connectivity index is 2.25. The molecule has 0 radical (unpaired) electrons. The van der Waals surface area contributed by atoms with Gasteiger partial charge in [0.05, 0.1) is 0 Å². The molecule has 1 nitrogen and oxygen atoms in total. The zero-order valence-electron chi connectivity index (χ0n) is 8.42. The Morgan fingerprint density at radius 3 is 2.42 bits per heavy atom. The van der Waals surface area contributed by atoms with Crippen molar-refractivity contribution in [2.75, 3.05) is 5.75 Å². The number of nitrogens with two attached hydrogens (primary N) is 1. The smallest absolute Gasteiger partial charge is 0.0164 e. The van der Waals surface area contributed by atoms with Crippen LogP contribution in [0.2, 0.25) is 0 Å². The van der Waals surface area contributed by atoms with Gasteiger partial charge in [0.25, 0.3) is 0 Å². The Labute approximate surface area is 80.5 Å². The van der Waals surface area contributed by atoms with Gasteiger partial charge in [0, 0.05) is 17.0 Å². The van der Waals surface area contributed by atoms with Crippen LogP contribution in [-0.2, 0) is 0 Å². The molecule has 0 amide bonds. The van der Waals surface area contributed by atoms with E-state index >= 15 is 0 Å². The average molecular weight is 187 g/mol. The van der Waals surface area contributed by atoms with Crippen molar-refractivity contribution in [1.29, 1.82) is 0 Å². The van der Waals surface area contributed by atoms with Crippen LogP contribution in [0.15, 0.2) is 0 Å². The molecule has 0 aromatic rings. The Kier molecular flexibility index (Phi) is 3.91. The molecule has 4 atom stereocenters. The molecule has 1 heterocycles. The molecular weight excluding hydrogens is 166 g/mol. The largest absolute Gasteiger partial charge is 0.328 e. The van der Waals surface area contributed by atoms with Crippen molar-refractivity contribution >= 4 is 11.8 Å². The van der Waals surface area contributed by atoms with Crippen LogP contribution in [0.5, 0.6) is 0 Å². The van der Waals surface area contributed by atoms with Crippen LogP contribution in [0.1, 0.15) is 33.6 Å². The minimum Gasteiger partial charge on any atom is -0.328 e. The van der Waals surface area contributed by atoms with Crippen LogP contribution in [-0.4, -0.2) is 17.0 Å². The first kappa shape index (κ1) is 10.4. The van der Waals surface area contributed by atoms with Gasteiger partial charge in [-0.05, 0) is 25.2 Å². The fourth-order valence-electron chi connectivity index (χ4n) is 1.77. The van der Waals surface area contributed by atoms with E-state index in [2.05, 4.69) is 32.5 Å². The Hall–Kier alpha value is 0.310. The van der Waals surface area contributed by atoms with Crippen LogP contribution < -0.4 is 5.73 Å². The second-order valence-corrected chi connectivity index (χ2v) is 5.38. The quantitative estimate of drug-likeness (QED) is 0.669. The molecular formula is C10H21NS. The van der Waals surface area contributed by atoms with Gasteiger partial charge in [0.1, 0.15) is 0 Å². The van der Waals surface area contributed by atoms with E-state index in [1.807, 2.05) is 0 Å². The molecule has 72 valence electrons. The lowest BCUT2D eigenvalue weighted by atomic mass is 9.88. The van der Waals surface area contributed by atoms with Gasteiger partial charge in [-0.3, -0.25) is 0 Å². The highest BCUT2D eigenvalue weighted by Crippen LogP contribution is 2.39. The third-order valence-electron chi connectivity index (χ3n) is 2.94. The number of thioether (sulfide) groups is 1. The van der Waals surface area contributed by atoms with Gasteiger partial charge in [0.15, 0.2) is 0 Å². The van der Waals surface area contributed by atoms with Crippen molar-refractivity contribution in [2.45, 2.75) is 44.9 Å². The zero-order chi connectivity index (χ0) is 9.14. The summed E-state index contributed by atoms with van der Waals surface area (Å²) in [5, 5.41) is 0.956. The standard InChI is InChI=1S/C10H21NS/c1-4-9(8(3)11)5-7(2)10-6-12-10/h7-10H,4-6,11H2,1-3H3/t7?,8?,9?,10-/m1/s1. The minimum absolute atomic E-state index is 0.376. The Bertz CT molecular complexity index is 132. The van der Waals surface area contributed by atoms with Crippen LogP contribution in [0.25, 0.3) is 0 Å². The van der Waals surface area contributed by atoms with E-state index in [9.17, 15) is 0 Å². The van der Waals surface area contributed by atoms with Gasteiger partial charge in [0.2, 0.25) is 0 Å². The van der Waals surface area contributed by atoms with Crippen LogP contribution in [0.3, 0.4) is 0 Å². The summed E-state index contributed by atoms with van der Waals surface area (Å²) in [6.07, 6.45) is 2.56. The van der Waals surface area contributed by atoms with E-state index < -0.39 is 0 Å². The van der Waals surface area contributed by atoms with Crippen molar-refractivity contribution in [3.8, 4) is 0 Å². The molecule has 0 bridgehead atoms. The van der Waals surface area contributed by atoms with Crippen molar-refractivity contribution in [1.82, 2.24) is 0 Å². The third-order valence-corrected chi connectivity index (χ3v) is 4.12. The van der Waals surface area contributed by atoms with E-state index in [1.165, 1.54) is 18.6 Å². The summed E-state index contributed by atoms with van der Waals surface area (Å²) in [6.45, 7) is 6.76. The maximum atomic E-state index is 5.91. The van der Waals surface area contributed by atoms with Gasteiger partial charge >= 0.3 is 0 Å². The summed E-state index contributed by atoms with van der Waals surface area (Å²) in [6, 6.07) is 0.376. The summed E-state index contributed by atoms with van der Waals surface area (Å²) in [4.78, 5) is 0. The first-order valence-corrected chi connectivity index (χ1v) is 6.07. The summed E-state index contributed by atoms with van der Waals surface area (Å²) in [7, 11) is 0. The molecule has 0 aromatic heterocycles. The lowest BCUT2D eigenvalue weighted by Gasteiger charge is -2.22. The number of hydrogen-bond acceptors (Lipinski definition) is 2. The van der Waals surface area contributed by atoms with Crippen LogP contribution in [0.4, 0.5) is 0 Å². The van der Waals surface area contributed by atoms with Crippen molar-refractivity contribution in [2.24, 2.45) is 17.6 Å². The summed E-state index contributed by atoms with van der Waals surface area (Å²) in [5.41, 5.74) is 5.91. The maximum absolute atomic E-state index is 5.91. The zero-order valence-corrected chi connectivity index (χ0v) is 9.23. The fraction of sp³-hybridized carbons (Fsp3) is 1.00. The molecule has 0 spiro atoms. The van der Waals surface area contributed by atoms with Crippen molar-refractivity contribution in [3.05, 3.63) is 0 Å². The molecule has 1 aliphatic rings. The highest BCUT2D eigenvalue weighted by atomic mass is 32.2. The molecule has 1 saturated heterocycles. The third kappa shape index (κ3) is 2.98. The van der Waals surface area contributed by atoms with Gasteiger partial charge in [-0.25, -0.2) is 0 Å². The van der Waals surface area contributed by atoms with E-state index in [4.69, 9.17) is 5.73 Å². The minimum atomic E-state index is 0.376. The van der Waals surface area contributed by atoms with E-state index in [0.717, 1.165) is 17.1 Å². The molecule has 2 N–H and O–H groups in total. The summed E-state index contributed by atoms with van der Waals surface area (Å²) in [5.74, 6) is 3.00. The second-order valence-electron chi connectivity index (χ2n) is 4.11. The van der Waals surface area contributed by atoms with Gasteiger partial charge in [-0.15, -0.1) is 0 Å². The van der Waals surface area contributed by atoms with Gasteiger partial charge in [-0.2, -0.15) is 11.8 Å².